The van der Waals surface area contributed by atoms with Crippen LogP contribution in [0.3, 0.4) is 0 Å². The van der Waals surface area contributed by atoms with Crippen molar-refractivity contribution in [3.05, 3.63) is 198 Å². The van der Waals surface area contributed by atoms with Gasteiger partial charge in [0.1, 0.15) is 0 Å². The number of ether oxygens (including phenoxy) is 1. The minimum absolute atomic E-state index is 0. The Hall–Kier alpha value is -7.05. The molecule has 0 unspecified atom stereocenters. The second-order valence-electron chi connectivity index (χ2n) is 16.0. The van der Waals surface area contributed by atoms with Crippen molar-refractivity contribution < 1.29 is 21.2 Å². The molecule has 62 heavy (non-hydrogen) atoms. The van der Waals surface area contributed by atoms with E-state index in [4.69, 9.17) is 24.7 Å². The molecule has 1 saturated heterocycles. The van der Waals surface area contributed by atoms with Crippen LogP contribution in [0.15, 0.2) is 170 Å². The first-order valence-electron chi connectivity index (χ1n) is 21.0. The van der Waals surface area contributed by atoms with Gasteiger partial charge in [0.2, 0.25) is 0 Å². The molecule has 0 saturated carbocycles. The van der Waals surface area contributed by atoms with Crippen molar-refractivity contribution >= 4 is 51.6 Å². The molecule has 300 valence electrons. The second kappa shape index (κ2) is 15.8. The van der Waals surface area contributed by atoms with Crippen molar-refractivity contribution in [2.45, 2.75) is 18.6 Å². The molecule has 0 amide bonds. The molecular formula is C55H39N5NiO. The van der Waals surface area contributed by atoms with Gasteiger partial charge in [-0.15, -0.1) is 22.1 Å². The van der Waals surface area contributed by atoms with Crippen LogP contribution >= 0.6 is 0 Å². The maximum absolute atomic E-state index is 6.55. The van der Waals surface area contributed by atoms with Gasteiger partial charge in [0.15, 0.2) is 0 Å². The summed E-state index contributed by atoms with van der Waals surface area (Å²) in [4.78, 5) is 22.2. The van der Waals surface area contributed by atoms with Gasteiger partial charge in [-0.05, 0) is 75.2 Å². The van der Waals surface area contributed by atoms with Crippen molar-refractivity contribution in [3.63, 3.8) is 0 Å². The summed E-state index contributed by atoms with van der Waals surface area (Å²) in [6, 6.07) is 59.2. The normalized spacial score (nSPS) is 17.4. The van der Waals surface area contributed by atoms with Crippen LogP contribution in [-0.2, 0) is 21.2 Å². The Morgan fingerprint density at radius 2 is 0.935 bits per heavy atom. The predicted molar refractivity (Wildman–Crippen MR) is 248 cm³/mol. The first-order chi connectivity index (χ1) is 30.2. The Kier molecular flexibility index (Phi) is 9.64. The maximum Gasteiger partial charge on any atom is 2.00 e. The molecule has 8 bridgehead atoms. The molecule has 5 aromatic carbocycles. The first-order valence-corrected chi connectivity index (χ1v) is 21.0. The fourth-order valence-electron chi connectivity index (χ4n) is 9.75. The number of rotatable bonds is 5. The molecule has 1 N–H and O–H groups in total. The monoisotopic (exact) mass is 843 g/mol. The van der Waals surface area contributed by atoms with Gasteiger partial charge in [0.05, 0.1) is 34.9 Å². The Balaban J connectivity index is 0.00000432. The number of nitrogens with one attached hydrogen (secondary N) is 1. The van der Waals surface area contributed by atoms with E-state index >= 15 is 0 Å². The number of hydrogen-bond donors (Lipinski definition) is 1. The summed E-state index contributed by atoms with van der Waals surface area (Å²) in [5.41, 5.74) is 18.3. The van der Waals surface area contributed by atoms with Gasteiger partial charge in [-0.25, -0.2) is 9.97 Å². The maximum atomic E-state index is 6.55. The molecule has 7 heterocycles. The van der Waals surface area contributed by atoms with E-state index in [1.54, 1.807) is 0 Å². The molecule has 0 radical (unpaired) electrons. The third-order valence-electron chi connectivity index (χ3n) is 12.5. The second-order valence-corrected chi connectivity index (χ2v) is 16.0. The van der Waals surface area contributed by atoms with E-state index in [1.807, 2.05) is 12.1 Å². The third-order valence-corrected chi connectivity index (χ3v) is 12.5. The van der Waals surface area contributed by atoms with Gasteiger partial charge in [0.25, 0.3) is 0 Å². The molecule has 1 fully saturated rings. The van der Waals surface area contributed by atoms with Crippen molar-refractivity contribution in [2.75, 3.05) is 11.9 Å². The summed E-state index contributed by atoms with van der Waals surface area (Å²) in [5, 5.41) is 4.02. The van der Waals surface area contributed by atoms with E-state index in [0.29, 0.717) is 6.61 Å². The zero-order valence-electron chi connectivity index (χ0n) is 33.6. The number of para-hydroxylation sites is 1. The van der Waals surface area contributed by atoms with Crippen LogP contribution < -0.4 is 15.3 Å². The Labute approximate surface area is 370 Å². The molecule has 0 spiro atoms. The largest absolute Gasteiger partial charge is 2.00 e. The minimum atomic E-state index is -0.0785. The number of anilines is 1. The van der Waals surface area contributed by atoms with Crippen LogP contribution in [0.4, 0.5) is 5.69 Å². The van der Waals surface area contributed by atoms with Crippen LogP contribution in [0.2, 0.25) is 0 Å². The summed E-state index contributed by atoms with van der Waals surface area (Å²) < 4.78 is 6.55. The SMILES string of the molecule is C1=Cc2nc1c(-c1ccccc1)c1ccc([n-]1)c(-c1ccccc1)c1nc(c(-c3ccccc3)c3ccc([n-]3)c2-c2ccccc2)C([C@@H]2Nc3ccccc3[C@@H]3OCC[C@H]23)=C1.[Ni+2]. The average molecular weight is 845 g/mol. The van der Waals surface area contributed by atoms with E-state index < -0.39 is 0 Å². The van der Waals surface area contributed by atoms with Crippen molar-refractivity contribution in [2.24, 2.45) is 5.92 Å². The molecule has 6 nitrogen and oxygen atoms in total. The molecule has 4 aliphatic rings. The van der Waals surface area contributed by atoms with Gasteiger partial charge in [0, 0.05) is 29.3 Å². The Morgan fingerprint density at radius 3 is 1.47 bits per heavy atom. The van der Waals surface area contributed by atoms with Crippen LogP contribution in [0.5, 0.6) is 0 Å². The van der Waals surface area contributed by atoms with Gasteiger partial charge in [-0.1, -0.05) is 164 Å². The smallest absolute Gasteiger partial charge is 0.657 e. The summed E-state index contributed by atoms with van der Waals surface area (Å²) in [7, 11) is 0. The van der Waals surface area contributed by atoms with Gasteiger partial charge < -0.3 is 20.0 Å². The molecule has 0 aliphatic carbocycles. The van der Waals surface area contributed by atoms with Gasteiger partial charge >= 0.3 is 16.5 Å². The van der Waals surface area contributed by atoms with Crippen molar-refractivity contribution in [3.8, 4) is 44.5 Å². The first kappa shape index (κ1) is 37.9. The Morgan fingerprint density at radius 1 is 0.484 bits per heavy atom. The van der Waals surface area contributed by atoms with Crippen LogP contribution in [-0.4, -0.2) is 22.6 Å². The molecular weight excluding hydrogens is 805 g/mol. The van der Waals surface area contributed by atoms with E-state index in [1.165, 1.54) is 5.56 Å². The molecule has 7 heteroatoms. The van der Waals surface area contributed by atoms with Crippen LogP contribution in [0.25, 0.3) is 90.4 Å². The van der Waals surface area contributed by atoms with Crippen LogP contribution in [0.1, 0.15) is 40.9 Å². The van der Waals surface area contributed by atoms with E-state index in [-0.39, 0.29) is 34.6 Å². The fraction of sp³-hybridized carbons (Fsp3) is 0.0909. The number of benzene rings is 5. The summed E-state index contributed by atoms with van der Waals surface area (Å²) in [5.74, 6) is 0.197. The van der Waals surface area contributed by atoms with Crippen molar-refractivity contribution in [1.29, 1.82) is 0 Å². The number of fused-ring (bicyclic) bond motifs is 11. The number of aromatic nitrogens is 4. The minimum Gasteiger partial charge on any atom is -0.657 e. The summed E-state index contributed by atoms with van der Waals surface area (Å²) in [6.07, 6.45) is 7.46. The molecule has 8 aromatic rings. The van der Waals surface area contributed by atoms with Crippen LogP contribution in [0, 0.1) is 5.92 Å². The van der Waals surface area contributed by atoms with E-state index in [0.717, 1.165) is 107 Å². The quantitative estimate of drug-likeness (QED) is 0.174. The predicted octanol–water partition coefficient (Wildman–Crippen LogP) is 12.5. The molecule has 3 aromatic heterocycles. The molecule has 3 atom stereocenters. The van der Waals surface area contributed by atoms with Crippen molar-refractivity contribution in [1.82, 2.24) is 19.9 Å². The average Bonchev–Trinajstić information content (AvgIpc) is 4.18. The summed E-state index contributed by atoms with van der Waals surface area (Å²) >= 11 is 0. The topological polar surface area (TPSA) is 75.2 Å². The third kappa shape index (κ3) is 6.44. The number of hydrogen-bond acceptors (Lipinski definition) is 4. The summed E-state index contributed by atoms with van der Waals surface area (Å²) in [6.45, 7) is 0.707. The molecule has 12 rings (SSSR count). The number of nitrogens with zero attached hydrogens (tertiary/aromatic N) is 4. The van der Waals surface area contributed by atoms with Gasteiger partial charge in [-0.2, -0.15) is 0 Å². The Bertz CT molecular complexity index is 3210. The van der Waals surface area contributed by atoms with E-state index in [2.05, 4.69) is 181 Å². The zero-order valence-corrected chi connectivity index (χ0v) is 34.5. The molecule has 4 aliphatic heterocycles. The zero-order chi connectivity index (χ0) is 40.3. The van der Waals surface area contributed by atoms with E-state index in [9.17, 15) is 0 Å². The van der Waals surface area contributed by atoms with Gasteiger partial charge in [-0.3, -0.25) is 0 Å². The standard InChI is InChI=1S/C55H39N5O.Ni/c1-5-15-34(16-6-1)49-42-25-26-43(56-42)50(35-17-7-2-8-18-35)45-29-30-47(58-45)52(37-21-11-4-12-22-37)54-40(53-39-31-32-61-55(39)38-23-13-14-24-41(38)59-53)33-48(60-54)51(36-19-9-3-10-20-36)46-28-27-44(49)57-46;/h1-30,33,39,53,55,59H,31-32H2;/q-2;+2/t39-,53-,55+;/m1./s1. The fourth-order valence-corrected chi connectivity index (χ4v) is 9.75.